The molecule has 0 spiro atoms. The van der Waals surface area contributed by atoms with Gasteiger partial charge in [-0.25, -0.2) is 4.79 Å². The summed E-state index contributed by atoms with van der Waals surface area (Å²) in [5, 5.41) is 11.6. The number of nitrogens with one attached hydrogen (secondary N) is 1. The quantitative estimate of drug-likeness (QED) is 0.871. The highest BCUT2D eigenvalue weighted by molar-refractivity contribution is 5.91. The summed E-state index contributed by atoms with van der Waals surface area (Å²) in [6.07, 6.45) is 0. The largest absolute Gasteiger partial charge is 0.481 e. The summed E-state index contributed by atoms with van der Waals surface area (Å²) in [5.74, 6) is -1.27. The fourth-order valence-electron chi connectivity index (χ4n) is 2.35. The summed E-state index contributed by atoms with van der Waals surface area (Å²) in [6, 6.07) is 7.42. The number of hydrogen-bond acceptors (Lipinski definition) is 3. The van der Waals surface area contributed by atoms with Crippen molar-refractivity contribution in [1.82, 2.24) is 4.90 Å². The van der Waals surface area contributed by atoms with Crippen LogP contribution in [0.1, 0.15) is 13.8 Å². The van der Waals surface area contributed by atoms with E-state index in [2.05, 4.69) is 24.1 Å². The molecule has 6 heteroatoms. The summed E-state index contributed by atoms with van der Waals surface area (Å²) in [6.45, 7) is 6.63. The minimum Gasteiger partial charge on any atom is -0.481 e. The highest BCUT2D eigenvalue weighted by atomic mass is 16.4. The fraction of sp³-hybridized carbons (Fsp3) is 0.467. The Morgan fingerprint density at radius 1 is 1.24 bits per heavy atom. The van der Waals surface area contributed by atoms with Crippen LogP contribution in [0.25, 0.3) is 0 Å². The summed E-state index contributed by atoms with van der Waals surface area (Å²) < 4.78 is 0. The first-order chi connectivity index (χ1) is 10.0. The lowest BCUT2D eigenvalue weighted by atomic mass is 10.0. The number of hydrogen-bond donors (Lipinski definition) is 2. The first-order valence-corrected chi connectivity index (χ1v) is 7.18. The standard InChI is InChI=1S/C15H21N3O3/c1-3-17(4-2)13-7-5-12(6-8-13)16-15(21)18-9-11(10-18)14(19)20/h5-8,11H,3-4,9-10H2,1-2H3,(H,16,21)(H,19,20). The third-order valence-electron chi connectivity index (χ3n) is 3.77. The lowest BCUT2D eigenvalue weighted by Crippen LogP contribution is -2.54. The van der Waals surface area contributed by atoms with Crippen molar-refractivity contribution in [2.45, 2.75) is 13.8 Å². The number of urea groups is 1. The van der Waals surface area contributed by atoms with E-state index >= 15 is 0 Å². The highest BCUT2D eigenvalue weighted by Crippen LogP contribution is 2.20. The zero-order valence-electron chi connectivity index (χ0n) is 12.4. The van der Waals surface area contributed by atoms with Gasteiger partial charge in [0.15, 0.2) is 0 Å². The number of benzene rings is 1. The molecule has 0 unspecified atom stereocenters. The minimum atomic E-state index is -0.845. The fourth-order valence-corrected chi connectivity index (χ4v) is 2.35. The third kappa shape index (κ3) is 3.45. The lowest BCUT2D eigenvalue weighted by molar-refractivity contribution is -0.145. The predicted octanol–water partition coefficient (Wildman–Crippen LogP) is 2.08. The molecule has 2 N–H and O–H groups in total. The van der Waals surface area contributed by atoms with Crippen molar-refractivity contribution in [3.8, 4) is 0 Å². The number of carbonyl (C=O) groups excluding carboxylic acids is 1. The Balaban J connectivity index is 1.89. The lowest BCUT2D eigenvalue weighted by Gasteiger charge is -2.36. The maximum Gasteiger partial charge on any atom is 0.321 e. The van der Waals surface area contributed by atoms with Crippen LogP contribution in [0.3, 0.4) is 0 Å². The normalized spacial score (nSPS) is 14.5. The monoisotopic (exact) mass is 291 g/mol. The first kappa shape index (κ1) is 15.2. The maximum absolute atomic E-state index is 11.9. The van der Waals surface area contributed by atoms with Crippen LogP contribution in [0.2, 0.25) is 0 Å². The Morgan fingerprint density at radius 3 is 2.29 bits per heavy atom. The van der Waals surface area contributed by atoms with E-state index in [0.717, 1.165) is 24.5 Å². The zero-order valence-corrected chi connectivity index (χ0v) is 12.4. The molecule has 0 atom stereocenters. The second-order valence-corrected chi connectivity index (χ2v) is 5.09. The summed E-state index contributed by atoms with van der Waals surface area (Å²) in [5.41, 5.74) is 1.84. The van der Waals surface area contributed by atoms with Crippen molar-refractivity contribution in [1.29, 1.82) is 0 Å². The number of anilines is 2. The van der Waals surface area contributed by atoms with Crippen LogP contribution < -0.4 is 10.2 Å². The topological polar surface area (TPSA) is 72.9 Å². The van der Waals surface area contributed by atoms with Gasteiger partial charge in [-0.2, -0.15) is 0 Å². The van der Waals surface area contributed by atoms with Gasteiger partial charge < -0.3 is 20.2 Å². The number of amides is 2. The van der Waals surface area contributed by atoms with Gasteiger partial charge in [-0.05, 0) is 38.1 Å². The first-order valence-electron chi connectivity index (χ1n) is 7.18. The molecular weight excluding hydrogens is 270 g/mol. The number of carbonyl (C=O) groups is 2. The second-order valence-electron chi connectivity index (χ2n) is 5.09. The SMILES string of the molecule is CCN(CC)c1ccc(NC(=O)N2CC(C(=O)O)C2)cc1. The van der Waals surface area contributed by atoms with Gasteiger partial charge in [0.05, 0.1) is 5.92 Å². The van der Waals surface area contributed by atoms with Crippen LogP contribution in [0.15, 0.2) is 24.3 Å². The average molecular weight is 291 g/mol. The number of carboxylic acid groups (broad SMARTS) is 1. The van der Waals surface area contributed by atoms with E-state index < -0.39 is 11.9 Å². The van der Waals surface area contributed by atoms with Gasteiger partial charge in [0, 0.05) is 37.6 Å². The zero-order chi connectivity index (χ0) is 15.4. The van der Waals surface area contributed by atoms with Crippen molar-refractivity contribution in [2.75, 3.05) is 36.4 Å². The molecule has 0 aromatic heterocycles. The van der Waals surface area contributed by atoms with Crippen molar-refractivity contribution >= 4 is 23.4 Å². The Hall–Kier alpha value is -2.24. The molecule has 1 fully saturated rings. The van der Waals surface area contributed by atoms with Crippen molar-refractivity contribution in [2.24, 2.45) is 5.92 Å². The van der Waals surface area contributed by atoms with Crippen molar-refractivity contribution < 1.29 is 14.7 Å². The number of aliphatic carboxylic acids is 1. The maximum atomic E-state index is 11.9. The van der Waals surface area contributed by atoms with Crippen molar-refractivity contribution in [3.63, 3.8) is 0 Å². The van der Waals surface area contributed by atoms with E-state index in [1.54, 1.807) is 0 Å². The van der Waals surface area contributed by atoms with E-state index in [1.807, 2.05) is 24.3 Å². The molecule has 2 amide bonds. The molecular formula is C15H21N3O3. The molecule has 1 aromatic carbocycles. The van der Waals surface area contributed by atoms with Crippen LogP contribution in [-0.4, -0.2) is 48.2 Å². The predicted molar refractivity (Wildman–Crippen MR) is 81.7 cm³/mol. The molecule has 0 aliphatic carbocycles. The molecule has 0 radical (unpaired) electrons. The molecule has 1 aliphatic rings. The van der Waals surface area contributed by atoms with E-state index in [0.29, 0.717) is 0 Å². The van der Waals surface area contributed by atoms with Gasteiger partial charge in [-0.1, -0.05) is 0 Å². The number of likely N-dealkylation sites (tertiary alicyclic amines) is 1. The van der Waals surface area contributed by atoms with Gasteiger partial charge in [-0.3, -0.25) is 4.79 Å². The Morgan fingerprint density at radius 2 is 1.81 bits per heavy atom. The van der Waals surface area contributed by atoms with E-state index in [1.165, 1.54) is 4.90 Å². The van der Waals surface area contributed by atoms with Gasteiger partial charge in [0.1, 0.15) is 0 Å². The van der Waals surface area contributed by atoms with Crippen LogP contribution in [0, 0.1) is 5.92 Å². The molecule has 1 aliphatic heterocycles. The molecule has 1 aromatic rings. The minimum absolute atomic E-state index is 0.247. The van der Waals surface area contributed by atoms with Crippen LogP contribution in [0.5, 0.6) is 0 Å². The smallest absolute Gasteiger partial charge is 0.321 e. The van der Waals surface area contributed by atoms with Gasteiger partial charge >= 0.3 is 12.0 Å². The third-order valence-corrected chi connectivity index (χ3v) is 3.77. The average Bonchev–Trinajstić information content (AvgIpc) is 2.39. The second kappa shape index (κ2) is 6.47. The molecule has 114 valence electrons. The van der Waals surface area contributed by atoms with Crippen LogP contribution in [-0.2, 0) is 4.79 Å². The van der Waals surface area contributed by atoms with Gasteiger partial charge in [0.2, 0.25) is 0 Å². The summed E-state index contributed by atoms with van der Waals surface area (Å²) >= 11 is 0. The number of carboxylic acids is 1. The Kier molecular flexibility index (Phi) is 4.67. The Bertz CT molecular complexity index is 505. The summed E-state index contributed by atoms with van der Waals surface area (Å²) in [4.78, 5) is 26.3. The highest BCUT2D eigenvalue weighted by Gasteiger charge is 2.35. The molecule has 6 nitrogen and oxygen atoms in total. The number of nitrogens with zero attached hydrogens (tertiary/aromatic N) is 2. The van der Waals surface area contributed by atoms with Crippen LogP contribution >= 0.6 is 0 Å². The number of rotatable bonds is 5. The summed E-state index contributed by atoms with van der Waals surface area (Å²) in [7, 11) is 0. The molecule has 2 rings (SSSR count). The van der Waals surface area contributed by atoms with Gasteiger partial charge in [0.25, 0.3) is 0 Å². The molecule has 0 bridgehead atoms. The van der Waals surface area contributed by atoms with E-state index in [-0.39, 0.29) is 19.1 Å². The molecule has 21 heavy (non-hydrogen) atoms. The Labute approximate surface area is 124 Å². The van der Waals surface area contributed by atoms with Gasteiger partial charge in [-0.15, -0.1) is 0 Å². The molecule has 0 saturated carbocycles. The van der Waals surface area contributed by atoms with E-state index in [4.69, 9.17) is 5.11 Å². The molecule has 1 saturated heterocycles. The van der Waals surface area contributed by atoms with E-state index in [9.17, 15) is 9.59 Å². The van der Waals surface area contributed by atoms with Crippen LogP contribution in [0.4, 0.5) is 16.2 Å². The van der Waals surface area contributed by atoms with Crippen molar-refractivity contribution in [3.05, 3.63) is 24.3 Å². The molecule has 1 heterocycles.